The third kappa shape index (κ3) is 3.32. The second-order valence-corrected chi connectivity index (χ2v) is 7.64. The summed E-state index contributed by atoms with van der Waals surface area (Å²) < 4.78 is 0. The van der Waals surface area contributed by atoms with Gasteiger partial charge in [0, 0.05) is 37.2 Å². The average molecular weight is 309 g/mol. The summed E-state index contributed by atoms with van der Waals surface area (Å²) >= 11 is 6.24. The first-order valence-corrected chi connectivity index (χ1v) is 8.35. The van der Waals surface area contributed by atoms with Crippen LogP contribution in [-0.4, -0.2) is 47.1 Å². The first kappa shape index (κ1) is 15.0. The van der Waals surface area contributed by atoms with E-state index in [9.17, 15) is 0 Å². The Balaban J connectivity index is 1.87. The molecule has 3 heterocycles. The molecule has 0 N–H and O–H groups in total. The number of nitrogens with zero attached hydrogens (tertiary/aromatic N) is 4. The maximum atomic E-state index is 6.24. The Morgan fingerprint density at radius 2 is 1.90 bits per heavy atom. The lowest BCUT2D eigenvalue weighted by molar-refractivity contribution is 0.273. The maximum Gasteiger partial charge on any atom is 0.137 e. The molecule has 1 unspecified atom stereocenters. The fraction of sp³-hybridized carbons (Fsp3) is 0.750. The first-order chi connectivity index (χ1) is 9.93. The topological polar surface area (TPSA) is 32.3 Å². The maximum absolute atomic E-state index is 6.24. The minimum atomic E-state index is -0.0785. The normalized spacial score (nSPS) is 24.0. The largest absolute Gasteiger partial charge is 0.355 e. The van der Waals surface area contributed by atoms with E-state index in [4.69, 9.17) is 16.6 Å². The molecule has 0 radical (unpaired) electrons. The highest BCUT2D eigenvalue weighted by Gasteiger charge is 2.30. The number of fused-ring (bicyclic) bond motifs is 1. The van der Waals surface area contributed by atoms with E-state index in [1.807, 2.05) is 6.07 Å². The Hall–Kier alpha value is -0.870. The fourth-order valence-corrected chi connectivity index (χ4v) is 3.50. The lowest BCUT2D eigenvalue weighted by atomic mass is 9.96. The summed E-state index contributed by atoms with van der Waals surface area (Å²) in [5.74, 6) is 1.83. The molecule has 21 heavy (non-hydrogen) atoms. The minimum absolute atomic E-state index is 0.0785. The van der Waals surface area contributed by atoms with Crippen molar-refractivity contribution in [2.45, 2.75) is 51.5 Å². The predicted octanol–water partition coefficient (Wildman–Crippen LogP) is 3.10. The summed E-state index contributed by atoms with van der Waals surface area (Å²) in [5, 5.41) is 0.553. The van der Waals surface area contributed by atoms with Crippen molar-refractivity contribution in [2.75, 3.05) is 31.1 Å². The second-order valence-electron chi connectivity index (χ2n) is 7.25. The minimum Gasteiger partial charge on any atom is -0.355 e. The zero-order chi connectivity index (χ0) is 15.0. The molecule has 1 aromatic heterocycles. The monoisotopic (exact) mass is 308 g/mol. The van der Waals surface area contributed by atoms with Gasteiger partial charge in [-0.1, -0.05) is 32.4 Å². The quantitative estimate of drug-likeness (QED) is 0.746. The predicted molar refractivity (Wildman–Crippen MR) is 87.2 cm³/mol. The molecule has 0 aromatic carbocycles. The van der Waals surface area contributed by atoms with E-state index in [-0.39, 0.29) is 5.41 Å². The lowest BCUT2D eigenvalue weighted by Gasteiger charge is -2.27. The highest BCUT2D eigenvalue weighted by atomic mass is 35.5. The molecule has 3 rings (SSSR count). The number of hydrogen-bond acceptors (Lipinski definition) is 4. The Labute approximate surface area is 132 Å². The highest BCUT2D eigenvalue weighted by molar-refractivity contribution is 6.29. The van der Waals surface area contributed by atoms with Crippen molar-refractivity contribution >= 4 is 17.4 Å². The number of halogens is 1. The molecule has 5 heteroatoms. The van der Waals surface area contributed by atoms with Crippen LogP contribution in [0.4, 0.5) is 5.82 Å². The Kier molecular flexibility index (Phi) is 4.10. The number of rotatable bonds is 1. The Morgan fingerprint density at radius 3 is 2.67 bits per heavy atom. The molecule has 4 nitrogen and oxygen atoms in total. The first-order valence-electron chi connectivity index (χ1n) is 7.97. The van der Waals surface area contributed by atoms with Crippen LogP contribution >= 0.6 is 11.6 Å². The van der Waals surface area contributed by atoms with Crippen molar-refractivity contribution in [1.29, 1.82) is 0 Å². The fourth-order valence-electron chi connectivity index (χ4n) is 3.32. The summed E-state index contributed by atoms with van der Waals surface area (Å²) in [6.45, 7) is 11.0. The molecule has 1 aromatic rings. The van der Waals surface area contributed by atoms with Crippen LogP contribution in [0.1, 0.15) is 45.9 Å². The zero-order valence-electron chi connectivity index (χ0n) is 13.3. The van der Waals surface area contributed by atoms with Crippen LogP contribution in [0.3, 0.4) is 0 Å². The summed E-state index contributed by atoms with van der Waals surface area (Å²) in [4.78, 5) is 14.2. The SMILES string of the molecule is CC(C)(C)c1nc(Cl)cc(N2CCCN3CCCC3C2)n1. The van der Waals surface area contributed by atoms with Crippen molar-refractivity contribution in [3.8, 4) is 0 Å². The molecule has 116 valence electrons. The van der Waals surface area contributed by atoms with E-state index in [1.165, 1.54) is 32.4 Å². The standard InChI is InChI=1S/C16H25ClN4/c1-16(2,3)15-18-13(17)10-14(19-15)21-9-5-8-20-7-4-6-12(20)11-21/h10,12H,4-9,11H2,1-3H3. The van der Waals surface area contributed by atoms with Crippen LogP contribution in [-0.2, 0) is 5.41 Å². The van der Waals surface area contributed by atoms with E-state index >= 15 is 0 Å². The van der Waals surface area contributed by atoms with Crippen LogP contribution in [0.5, 0.6) is 0 Å². The van der Waals surface area contributed by atoms with Gasteiger partial charge in [0.1, 0.15) is 16.8 Å². The third-order valence-electron chi connectivity index (χ3n) is 4.48. The van der Waals surface area contributed by atoms with E-state index < -0.39 is 0 Å². The van der Waals surface area contributed by atoms with Crippen molar-refractivity contribution in [2.24, 2.45) is 0 Å². The molecular weight excluding hydrogens is 284 g/mol. The van der Waals surface area contributed by atoms with Gasteiger partial charge in [0.05, 0.1) is 0 Å². The Bertz CT molecular complexity index is 511. The molecule has 2 aliphatic heterocycles. The molecule has 2 saturated heterocycles. The smallest absolute Gasteiger partial charge is 0.137 e. The van der Waals surface area contributed by atoms with Crippen LogP contribution in [0, 0.1) is 0 Å². The summed E-state index contributed by atoms with van der Waals surface area (Å²) in [6.07, 6.45) is 3.83. The number of anilines is 1. The van der Waals surface area contributed by atoms with Gasteiger partial charge < -0.3 is 4.90 Å². The van der Waals surface area contributed by atoms with Gasteiger partial charge in [0.15, 0.2) is 0 Å². The number of aromatic nitrogens is 2. The third-order valence-corrected chi connectivity index (χ3v) is 4.67. The average Bonchev–Trinajstić information content (AvgIpc) is 2.74. The van der Waals surface area contributed by atoms with Crippen molar-refractivity contribution < 1.29 is 0 Å². The van der Waals surface area contributed by atoms with Crippen molar-refractivity contribution in [1.82, 2.24) is 14.9 Å². The van der Waals surface area contributed by atoms with Crippen LogP contribution in [0.2, 0.25) is 5.15 Å². The molecule has 0 amide bonds. The second kappa shape index (κ2) is 5.73. The van der Waals surface area contributed by atoms with Crippen LogP contribution in [0.25, 0.3) is 0 Å². The van der Waals surface area contributed by atoms with E-state index in [0.717, 1.165) is 24.7 Å². The van der Waals surface area contributed by atoms with E-state index in [2.05, 4.69) is 35.6 Å². The van der Waals surface area contributed by atoms with Gasteiger partial charge in [-0.25, -0.2) is 9.97 Å². The molecule has 2 aliphatic rings. The zero-order valence-corrected chi connectivity index (χ0v) is 14.0. The van der Waals surface area contributed by atoms with Gasteiger partial charge in [0.2, 0.25) is 0 Å². The van der Waals surface area contributed by atoms with Gasteiger partial charge in [0.25, 0.3) is 0 Å². The summed E-state index contributed by atoms with van der Waals surface area (Å²) in [7, 11) is 0. The van der Waals surface area contributed by atoms with Crippen LogP contribution in [0.15, 0.2) is 6.07 Å². The summed E-state index contributed by atoms with van der Waals surface area (Å²) in [5.41, 5.74) is -0.0785. The van der Waals surface area contributed by atoms with Gasteiger partial charge in [-0.15, -0.1) is 0 Å². The molecule has 2 fully saturated rings. The molecule has 0 aliphatic carbocycles. The van der Waals surface area contributed by atoms with Gasteiger partial charge in [-0.3, -0.25) is 4.90 Å². The van der Waals surface area contributed by atoms with Gasteiger partial charge >= 0.3 is 0 Å². The van der Waals surface area contributed by atoms with Gasteiger partial charge in [-0.2, -0.15) is 0 Å². The molecular formula is C16H25ClN4. The van der Waals surface area contributed by atoms with Gasteiger partial charge in [-0.05, 0) is 25.8 Å². The van der Waals surface area contributed by atoms with E-state index in [0.29, 0.717) is 11.2 Å². The molecule has 0 spiro atoms. The van der Waals surface area contributed by atoms with E-state index in [1.54, 1.807) is 0 Å². The van der Waals surface area contributed by atoms with Crippen molar-refractivity contribution in [3.63, 3.8) is 0 Å². The highest BCUT2D eigenvalue weighted by Crippen LogP contribution is 2.27. The van der Waals surface area contributed by atoms with Crippen LogP contribution < -0.4 is 4.90 Å². The molecule has 0 bridgehead atoms. The van der Waals surface area contributed by atoms with Crippen molar-refractivity contribution in [3.05, 3.63) is 17.0 Å². The lowest BCUT2D eigenvalue weighted by Crippen LogP contribution is -2.37. The number of hydrogen-bond donors (Lipinski definition) is 0. The molecule has 0 saturated carbocycles. The Morgan fingerprint density at radius 1 is 1.14 bits per heavy atom. The summed E-state index contributed by atoms with van der Waals surface area (Å²) in [6, 6.07) is 2.60. The molecule has 1 atom stereocenters.